The van der Waals surface area contributed by atoms with Crippen LogP contribution in [-0.2, 0) is 6.42 Å². The summed E-state index contributed by atoms with van der Waals surface area (Å²) in [6, 6.07) is 18.6. The van der Waals surface area contributed by atoms with Crippen LogP contribution in [0.2, 0.25) is 0 Å². The first-order valence-electron chi connectivity index (χ1n) is 10.0. The molecule has 29 heavy (non-hydrogen) atoms. The first-order valence-corrected chi connectivity index (χ1v) is 10.5. The van der Waals surface area contributed by atoms with Gasteiger partial charge in [-0.05, 0) is 49.2 Å². The molecule has 2 aromatic carbocycles. The molecule has 3 aromatic rings. The van der Waals surface area contributed by atoms with E-state index < -0.39 is 0 Å². The number of carbonyl (C=O) groups is 1. The SMILES string of the molecule is Cc1ccc2c(N3CCN(CCc4ccccc4NC(=O)S)CC3)cccc2n1. The average molecular weight is 407 g/mol. The second-order valence-electron chi connectivity index (χ2n) is 7.46. The molecule has 1 saturated heterocycles. The van der Waals surface area contributed by atoms with Gasteiger partial charge < -0.3 is 10.2 Å². The molecule has 1 N–H and O–H groups in total. The Morgan fingerprint density at radius 2 is 1.83 bits per heavy atom. The van der Waals surface area contributed by atoms with Crippen molar-refractivity contribution in [3.63, 3.8) is 0 Å². The van der Waals surface area contributed by atoms with E-state index in [2.05, 4.69) is 69.1 Å². The predicted molar refractivity (Wildman–Crippen MR) is 123 cm³/mol. The highest BCUT2D eigenvalue weighted by molar-refractivity contribution is 7.96. The van der Waals surface area contributed by atoms with Gasteiger partial charge in [-0.1, -0.05) is 36.9 Å². The number of amides is 1. The molecular formula is C23H26N4OS. The van der Waals surface area contributed by atoms with Gasteiger partial charge in [-0.25, -0.2) is 0 Å². The fourth-order valence-corrected chi connectivity index (χ4v) is 4.10. The van der Waals surface area contributed by atoms with E-state index in [0.717, 1.165) is 61.6 Å². The van der Waals surface area contributed by atoms with Crippen molar-refractivity contribution in [1.82, 2.24) is 9.88 Å². The Morgan fingerprint density at radius 3 is 2.62 bits per heavy atom. The third-order valence-electron chi connectivity index (χ3n) is 5.52. The maximum absolute atomic E-state index is 11.3. The van der Waals surface area contributed by atoms with Crippen molar-refractivity contribution < 1.29 is 4.79 Å². The quantitative estimate of drug-likeness (QED) is 0.618. The standard InChI is InChI=1S/C23H26N4OS/c1-17-9-10-19-21(24-17)7-4-8-22(19)27-15-13-26(14-16-27)12-11-18-5-2-3-6-20(18)25-23(28)29/h2-10H,11-16H2,1H3,(H2,25,28,29). The molecule has 0 saturated carbocycles. The summed E-state index contributed by atoms with van der Waals surface area (Å²) in [5.41, 5.74) is 5.38. The molecule has 5 nitrogen and oxygen atoms in total. The largest absolute Gasteiger partial charge is 0.368 e. The van der Waals surface area contributed by atoms with E-state index in [-0.39, 0.29) is 5.24 Å². The van der Waals surface area contributed by atoms with Crippen LogP contribution >= 0.6 is 12.6 Å². The summed E-state index contributed by atoms with van der Waals surface area (Å²) in [7, 11) is 0. The van der Waals surface area contributed by atoms with Crippen molar-refractivity contribution >= 4 is 40.1 Å². The van der Waals surface area contributed by atoms with Gasteiger partial charge in [0.05, 0.1) is 5.52 Å². The Balaban J connectivity index is 1.38. The molecule has 150 valence electrons. The Hall–Kier alpha value is -2.57. The van der Waals surface area contributed by atoms with Crippen molar-refractivity contribution in [1.29, 1.82) is 0 Å². The summed E-state index contributed by atoms with van der Waals surface area (Å²) in [6.07, 6.45) is 0.904. The molecular weight excluding hydrogens is 380 g/mol. The number of aryl methyl sites for hydroxylation is 1. The lowest BCUT2D eigenvalue weighted by Crippen LogP contribution is -2.47. The molecule has 1 aromatic heterocycles. The predicted octanol–water partition coefficient (Wildman–Crippen LogP) is 4.37. The minimum atomic E-state index is -0.328. The van der Waals surface area contributed by atoms with Crippen LogP contribution in [0.5, 0.6) is 0 Å². The molecule has 6 heteroatoms. The van der Waals surface area contributed by atoms with Gasteiger partial charge in [0.25, 0.3) is 5.24 Å². The Morgan fingerprint density at radius 1 is 1.03 bits per heavy atom. The number of anilines is 2. The molecule has 4 rings (SSSR count). The van der Waals surface area contributed by atoms with Crippen LogP contribution in [0.1, 0.15) is 11.3 Å². The van der Waals surface area contributed by atoms with E-state index in [4.69, 9.17) is 0 Å². The van der Waals surface area contributed by atoms with Gasteiger partial charge in [-0.2, -0.15) is 0 Å². The Kier molecular flexibility index (Phi) is 6.02. The molecule has 0 unspecified atom stereocenters. The maximum atomic E-state index is 11.3. The zero-order valence-electron chi connectivity index (χ0n) is 16.6. The maximum Gasteiger partial charge on any atom is 0.280 e. The molecule has 1 aliphatic heterocycles. The second kappa shape index (κ2) is 8.84. The van der Waals surface area contributed by atoms with Gasteiger partial charge in [0.1, 0.15) is 0 Å². The molecule has 0 bridgehead atoms. The van der Waals surface area contributed by atoms with Gasteiger partial charge >= 0.3 is 0 Å². The molecule has 1 amide bonds. The third kappa shape index (κ3) is 4.71. The first kappa shape index (κ1) is 19.7. The molecule has 0 radical (unpaired) electrons. The van der Waals surface area contributed by atoms with E-state index in [0.29, 0.717) is 0 Å². The number of nitrogens with one attached hydrogen (secondary N) is 1. The van der Waals surface area contributed by atoms with E-state index in [1.807, 2.05) is 25.1 Å². The van der Waals surface area contributed by atoms with Crippen LogP contribution < -0.4 is 10.2 Å². The van der Waals surface area contributed by atoms with E-state index in [1.54, 1.807) is 0 Å². The molecule has 0 spiro atoms. The molecule has 0 atom stereocenters. The number of pyridine rings is 1. The highest BCUT2D eigenvalue weighted by Gasteiger charge is 2.19. The van der Waals surface area contributed by atoms with Crippen LogP contribution in [0, 0.1) is 6.92 Å². The topological polar surface area (TPSA) is 48.5 Å². The van der Waals surface area contributed by atoms with Crippen LogP contribution in [0.3, 0.4) is 0 Å². The van der Waals surface area contributed by atoms with Crippen molar-refractivity contribution in [3.05, 3.63) is 65.9 Å². The molecule has 1 aliphatic rings. The monoisotopic (exact) mass is 406 g/mol. The fraction of sp³-hybridized carbons (Fsp3) is 0.304. The summed E-state index contributed by atoms with van der Waals surface area (Å²) in [6.45, 7) is 7.06. The van der Waals surface area contributed by atoms with E-state index in [1.165, 1.54) is 11.1 Å². The lowest BCUT2D eigenvalue weighted by molar-refractivity contribution is 0.261. The minimum absolute atomic E-state index is 0.328. The molecule has 2 heterocycles. The van der Waals surface area contributed by atoms with Gasteiger partial charge in [0, 0.05) is 55.2 Å². The molecule has 0 aliphatic carbocycles. The third-order valence-corrected chi connectivity index (χ3v) is 5.63. The normalized spacial score (nSPS) is 14.9. The fourth-order valence-electron chi connectivity index (χ4n) is 3.98. The number of nitrogens with zero attached hydrogens (tertiary/aromatic N) is 3. The average Bonchev–Trinajstić information content (AvgIpc) is 2.72. The number of carbonyl (C=O) groups excluding carboxylic acids is 1. The number of para-hydroxylation sites is 1. The summed E-state index contributed by atoms with van der Waals surface area (Å²) in [4.78, 5) is 20.9. The highest BCUT2D eigenvalue weighted by Crippen LogP contribution is 2.27. The minimum Gasteiger partial charge on any atom is -0.368 e. The Labute approximate surface area is 177 Å². The van der Waals surface area contributed by atoms with Crippen molar-refractivity contribution in [3.8, 4) is 0 Å². The second-order valence-corrected chi connectivity index (χ2v) is 7.87. The summed E-state index contributed by atoms with van der Waals surface area (Å²) in [5.74, 6) is 0. The number of hydrogen-bond donors (Lipinski definition) is 2. The summed E-state index contributed by atoms with van der Waals surface area (Å²) < 4.78 is 0. The lowest BCUT2D eigenvalue weighted by Gasteiger charge is -2.36. The number of aromatic nitrogens is 1. The van der Waals surface area contributed by atoms with E-state index >= 15 is 0 Å². The van der Waals surface area contributed by atoms with Crippen LogP contribution in [0.25, 0.3) is 10.9 Å². The zero-order chi connectivity index (χ0) is 20.2. The van der Waals surface area contributed by atoms with E-state index in [9.17, 15) is 4.79 Å². The van der Waals surface area contributed by atoms with Gasteiger partial charge in [-0.3, -0.25) is 14.7 Å². The summed E-state index contributed by atoms with van der Waals surface area (Å²) >= 11 is 3.83. The Bertz CT molecular complexity index is 1010. The number of thiol groups is 1. The number of piperazine rings is 1. The van der Waals surface area contributed by atoms with Crippen molar-refractivity contribution in [2.24, 2.45) is 0 Å². The van der Waals surface area contributed by atoms with Crippen molar-refractivity contribution in [2.75, 3.05) is 42.9 Å². The van der Waals surface area contributed by atoms with Gasteiger partial charge in [0.2, 0.25) is 0 Å². The van der Waals surface area contributed by atoms with Gasteiger partial charge in [0.15, 0.2) is 0 Å². The van der Waals surface area contributed by atoms with Crippen LogP contribution in [0.15, 0.2) is 54.6 Å². The number of rotatable bonds is 5. The summed E-state index contributed by atoms with van der Waals surface area (Å²) in [5, 5.41) is 3.70. The zero-order valence-corrected chi connectivity index (χ0v) is 17.5. The lowest BCUT2D eigenvalue weighted by atomic mass is 10.1. The smallest absolute Gasteiger partial charge is 0.280 e. The molecule has 1 fully saturated rings. The number of benzene rings is 2. The number of fused-ring (bicyclic) bond motifs is 1. The van der Waals surface area contributed by atoms with Crippen LogP contribution in [-0.4, -0.2) is 47.8 Å². The van der Waals surface area contributed by atoms with Gasteiger partial charge in [-0.15, -0.1) is 0 Å². The first-order chi connectivity index (χ1) is 14.1. The number of hydrogen-bond acceptors (Lipinski definition) is 4. The van der Waals surface area contributed by atoms with Crippen molar-refractivity contribution in [2.45, 2.75) is 13.3 Å². The van der Waals surface area contributed by atoms with Crippen LogP contribution in [0.4, 0.5) is 16.2 Å². The highest BCUT2D eigenvalue weighted by atomic mass is 32.1.